The number of para-hydroxylation sites is 1. The molecule has 276 valence electrons. The van der Waals surface area contributed by atoms with Gasteiger partial charge < -0.3 is 23.7 Å². The van der Waals surface area contributed by atoms with Gasteiger partial charge in [0.25, 0.3) is 0 Å². The number of aldehydes is 1. The Hall–Kier alpha value is -4.37. The van der Waals surface area contributed by atoms with Crippen LogP contribution in [-0.4, -0.2) is 61.3 Å². The topological polar surface area (TPSA) is 87.2 Å². The smallest absolute Gasteiger partial charge is 0.356 e. The normalized spacial score (nSPS) is 14.5. The molecular weight excluding hydrogens is 652 g/mol. The zero-order valence-corrected chi connectivity index (χ0v) is 30.8. The molecule has 1 aliphatic rings. The highest BCUT2D eigenvalue weighted by molar-refractivity contribution is 5.87. The Morgan fingerprint density at radius 2 is 1.58 bits per heavy atom. The Balaban J connectivity index is 1.24. The van der Waals surface area contributed by atoms with E-state index in [1.807, 2.05) is 26.0 Å². The number of esters is 1. The van der Waals surface area contributed by atoms with E-state index < -0.39 is 0 Å². The van der Waals surface area contributed by atoms with Gasteiger partial charge in [-0.15, -0.1) is 0 Å². The fourth-order valence-corrected chi connectivity index (χ4v) is 6.94. The number of hydrogen-bond acceptors (Lipinski definition) is 8. The number of rotatable bonds is 22. The molecule has 0 bridgehead atoms. The summed E-state index contributed by atoms with van der Waals surface area (Å²) in [7, 11) is 0. The van der Waals surface area contributed by atoms with E-state index in [0.29, 0.717) is 25.5 Å². The highest BCUT2D eigenvalue weighted by atomic mass is 16.7. The Labute approximate surface area is 309 Å². The third-order valence-electron chi connectivity index (χ3n) is 9.63. The van der Waals surface area contributed by atoms with Crippen LogP contribution in [0.4, 0.5) is 0 Å². The standard InChI is InChI=1S/C44H54N2O6/c1-3-49-43(51-32-31-47)19-10-11-29-46(41-17-12-16-39-38(41)26-27-40(45-39)44(48)50-4-2)30-28-37-15-8-9-18-42(37)52-33-36-24-22-35(23-25-36)21-20-34-13-6-5-7-14-34/h5-9,13-15,18,22-27,31,41,43H,3-4,10-12,16-17,19-21,28-30,32-33H2,1-2H3. The summed E-state index contributed by atoms with van der Waals surface area (Å²) < 4.78 is 23.0. The monoisotopic (exact) mass is 706 g/mol. The van der Waals surface area contributed by atoms with Crippen molar-refractivity contribution in [3.05, 3.63) is 130 Å². The zero-order chi connectivity index (χ0) is 36.4. The van der Waals surface area contributed by atoms with Gasteiger partial charge in [-0.1, -0.05) is 78.9 Å². The minimum atomic E-state index is -0.376. The lowest BCUT2D eigenvalue weighted by Gasteiger charge is -2.36. The first kappa shape index (κ1) is 38.9. The van der Waals surface area contributed by atoms with Crippen LogP contribution in [0.2, 0.25) is 0 Å². The molecule has 4 aromatic rings. The third kappa shape index (κ3) is 11.8. The van der Waals surface area contributed by atoms with Gasteiger partial charge in [-0.25, -0.2) is 9.78 Å². The lowest BCUT2D eigenvalue weighted by Crippen LogP contribution is -2.34. The van der Waals surface area contributed by atoms with Crippen LogP contribution >= 0.6 is 0 Å². The average Bonchev–Trinajstić information content (AvgIpc) is 3.18. The molecule has 0 fully saturated rings. The quantitative estimate of drug-likeness (QED) is 0.0349. The fraction of sp³-hybridized carbons (Fsp3) is 0.432. The predicted molar refractivity (Wildman–Crippen MR) is 203 cm³/mol. The Morgan fingerprint density at radius 3 is 2.35 bits per heavy atom. The molecule has 52 heavy (non-hydrogen) atoms. The van der Waals surface area contributed by atoms with Crippen molar-refractivity contribution in [3.8, 4) is 5.75 Å². The molecule has 1 aromatic heterocycles. The minimum Gasteiger partial charge on any atom is -0.489 e. The summed E-state index contributed by atoms with van der Waals surface area (Å²) in [5.41, 5.74) is 7.56. The SMILES string of the molecule is CCOC(=O)c1ccc2c(n1)CCCC2N(CCCCC(OCC)OCC=O)CCc1ccccc1OCc1ccc(CCc2ccccc2)cc1. The molecule has 0 radical (unpaired) electrons. The van der Waals surface area contributed by atoms with Gasteiger partial charge in [0.15, 0.2) is 6.29 Å². The number of unbranched alkanes of at least 4 members (excludes halogenated alkanes) is 1. The van der Waals surface area contributed by atoms with E-state index in [0.717, 1.165) is 94.2 Å². The highest BCUT2D eigenvalue weighted by Crippen LogP contribution is 2.35. The first-order valence-electron chi connectivity index (χ1n) is 19.0. The molecular formula is C44H54N2O6. The van der Waals surface area contributed by atoms with E-state index in [4.69, 9.17) is 23.9 Å². The number of fused-ring (bicyclic) bond motifs is 1. The van der Waals surface area contributed by atoms with E-state index in [1.165, 1.54) is 22.3 Å². The van der Waals surface area contributed by atoms with Crippen molar-refractivity contribution in [2.24, 2.45) is 0 Å². The van der Waals surface area contributed by atoms with Crippen LogP contribution in [0.5, 0.6) is 5.75 Å². The van der Waals surface area contributed by atoms with E-state index in [1.54, 1.807) is 0 Å². The number of aryl methyl sites for hydroxylation is 3. The van der Waals surface area contributed by atoms with Crippen LogP contribution in [-0.2, 0) is 51.3 Å². The van der Waals surface area contributed by atoms with Crippen molar-refractivity contribution in [1.29, 1.82) is 0 Å². The molecule has 5 rings (SSSR count). The summed E-state index contributed by atoms with van der Waals surface area (Å²) in [6.07, 6.45) is 8.73. The Kier molecular flexibility index (Phi) is 15.9. The van der Waals surface area contributed by atoms with Gasteiger partial charge in [0.05, 0.1) is 6.61 Å². The Bertz CT molecular complexity index is 1660. The lowest BCUT2D eigenvalue weighted by molar-refractivity contribution is -0.150. The number of hydrogen-bond donors (Lipinski definition) is 0. The van der Waals surface area contributed by atoms with Crippen molar-refractivity contribution in [3.63, 3.8) is 0 Å². The lowest BCUT2D eigenvalue weighted by atomic mass is 9.89. The second-order valence-corrected chi connectivity index (χ2v) is 13.2. The summed E-state index contributed by atoms with van der Waals surface area (Å²) >= 11 is 0. The van der Waals surface area contributed by atoms with Crippen LogP contribution in [0.3, 0.4) is 0 Å². The van der Waals surface area contributed by atoms with Crippen LogP contribution in [0, 0.1) is 0 Å². The molecule has 0 N–H and O–H groups in total. The summed E-state index contributed by atoms with van der Waals surface area (Å²) in [6.45, 7) is 6.89. The van der Waals surface area contributed by atoms with Gasteiger partial charge in [0, 0.05) is 24.9 Å². The molecule has 1 aliphatic carbocycles. The van der Waals surface area contributed by atoms with Crippen molar-refractivity contribution in [2.45, 2.75) is 90.6 Å². The largest absolute Gasteiger partial charge is 0.489 e. The molecule has 0 amide bonds. The maximum atomic E-state index is 12.5. The number of carbonyl (C=O) groups excluding carboxylic acids is 2. The molecule has 2 atom stereocenters. The maximum absolute atomic E-state index is 12.5. The molecule has 8 nitrogen and oxygen atoms in total. The van der Waals surface area contributed by atoms with E-state index in [9.17, 15) is 9.59 Å². The summed E-state index contributed by atoms with van der Waals surface area (Å²) in [5.74, 6) is 0.535. The van der Waals surface area contributed by atoms with E-state index >= 15 is 0 Å². The van der Waals surface area contributed by atoms with Crippen LogP contribution in [0.25, 0.3) is 0 Å². The second kappa shape index (κ2) is 21.2. The number of pyridine rings is 1. The second-order valence-electron chi connectivity index (χ2n) is 13.2. The molecule has 3 aromatic carbocycles. The third-order valence-corrected chi connectivity index (χ3v) is 9.63. The van der Waals surface area contributed by atoms with Crippen LogP contribution < -0.4 is 4.74 Å². The van der Waals surface area contributed by atoms with Crippen molar-refractivity contribution in [1.82, 2.24) is 9.88 Å². The van der Waals surface area contributed by atoms with Gasteiger partial charge in [0.2, 0.25) is 0 Å². The zero-order valence-electron chi connectivity index (χ0n) is 30.8. The first-order chi connectivity index (χ1) is 25.6. The van der Waals surface area contributed by atoms with Gasteiger partial charge >= 0.3 is 5.97 Å². The van der Waals surface area contributed by atoms with Gasteiger partial charge in [-0.2, -0.15) is 0 Å². The number of aromatic nitrogens is 1. The minimum absolute atomic E-state index is 0.0397. The molecule has 0 saturated carbocycles. The summed E-state index contributed by atoms with van der Waals surface area (Å²) in [5, 5.41) is 0. The fourth-order valence-electron chi connectivity index (χ4n) is 6.94. The van der Waals surface area contributed by atoms with Crippen LogP contribution in [0.1, 0.15) is 96.0 Å². The molecule has 0 aliphatic heterocycles. The van der Waals surface area contributed by atoms with Crippen molar-refractivity contribution < 1.29 is 28.5 Å². The maximum Gasteiger partial charge on any atom is 0.356 e. The molecule has 0 saturated heterocycles. The van der Waals surface area contributed by atoms with Crippen LogP contribution in [0.15, 0.2) is 91.0 Å². The molecule has 2 unspecified atom stereocenters. The number of benzene rings is 3. The molecule has 1 heterocycles. The number of nitrogens with zero attached hydrogens (tertiary/aromatic N) is 2. The van der Waals surface area contributed by atoms with Gasteiger partial charge in [0.1, 0.15) is 30.9 Å². The summed E-state index contributed by atoms with van der Waals surface area (Å²) in [6, 6.07) is 31.8. The molecule has 0 spiro atoms. The first-order valence-corrected chi connectivity index (χ1v) is 19.0. The van der Waals surface area contributed by atoms with E-state index in [-0.39, 0.29) is 24.9 Å². The van der Waals surface area contributed by atoms with Crippen molar-refractivity contribution in [2.75, 3.05) is 32.9 Å². The number of ether oxygens (including phenoxy) is 4. The Morgan fingerprint density at radius 1 is 0.827 bits per heavy atom. The average molecular weight is 707 g/mol. The summed E-state index contributed by atoms with van der Waals surface area (Å²) in [4.78, 5) is 30.7. The predicted octanol–water partition coefficient (Wildman–Crippen LogP) is 8.29. The van der Waals surface area contributed by atoms with Gasteiger partial charge in [-0.05, 0) is 118 Å². The van der Waals surface area contributed by atoms with E-state index in [2.05, 4.69) is 83.8 Å². The van der Waals surface area contributed by atoms with Gasteiger partial charge in [-0.3, -0.25) is 4.90 Å². The molecule has 8 heteroatoms. The number of carbonyl (C=O) groups is 2. The highest BCUT2D eigenvalue weighted by Gasteiger charge is 2.28. The van der Waals surface area contributed by atoms with Crippen molar-refractivity contribution >= 4 is 12.3 Å².